The van der Waals surface area contributed by atoms with Gasteiger partial charge < -0.3 is 10.4 Å². The van der Waals surface area contributed by atoms with Crippen molar-refractivity contribution < 1.29 is 14.7 Å². The number of carboxylic acid groups (broad SMARTS) is 1. The van der Waals surface area contributed by atoms with Gasteiger partial charge >= 0.3 is 5.97 Å². The van der Waals surface area contributed by atoms with Crippen LogP contribution in [0.15, 0.2) is 0 Å². The second kappa shape index (κ2) is 4.88. The molecule has 2 atom stereocenters. The first kappa shape index (κ1) is 13.3. The summed E-state index contributed by atoms with van der Waals surface area (Å²) in [5, 5.41) is 12.4. The SMILES string of the molecule is CCC1(C(=O)O)CCCN1C(C)C(=O)NC1CC1. The van der Waals surface area contributed by atoms with Crippen molar-refractivity contribution in [3.05, 3.63) is 0 Å². The van der Waals surface area contributed by atoms with Crippen molar-refractivity contribution in [1.82, 2.24) is 10.2 Å². The number of nitrogens with one attached hydrogen (secondary N) is 1. The van der Waals surface area contributed by atoms with Crippen LogP contribution in [0.2, 0.25) is 0 Å². The Morgan fingerprint density at radius 1 is 1.50 bits per heavy atom. The zero-order valence-electron chi connectivity index (χ0n) is 11.1. The number of hydrogen-bond donors (Lipinski definition) is 2. The van der Waals surface area contributed by atoms with Crippen molar-refractivity contribution in [2.75, 3.05) is 6.54 Å². The summed E-state index contributed by atoms with van der Waals surface area (Å²) < 4.78 is 0. The molecule has 0 spiro atoms. The molecule has 0 radical (unpaired) electrons. The van der Waals surface area contributed by atoms with E-state index in [1.807, 2.05) is 18.7 Å². The molecule has 18 heavy (non-hydrogen) atoms. The average molecular weight is 254 g/mol. The molecule has 2 rings (SSSR count). The summed E-state index contributed by atoms with van der Waals surface area (Å²) in [5.74, 6) is -0.827. The molecule has 5 nitrogen and oxygen atoms in total. The predicted molar refractivity (Wildman–Crippen MR) is 67.2 cm³/mol. The van der Waals surface area contributed by atoms with Crippen LogP contribution in [0, 0.1) is 0 Å². The van der Waals surface area contributed by atoms with Gasteiger partial charge in [0.2, 0.25) is 5.91 Å². The zero-order chi connectivity index (χ0) is 13.3. The number of carboxylic acids is 1. The number of hydrogen-bond acceptors (Lipinski definition) is 3. The molecule has 102 valence electrons. The van der Waals surface area contributed by atoms with Crippen molar-refractivity contribution in [2.45, 2.75) is 63.6 Å². The lowest BCUT2D eigenvalue weighted by molar-refractivity contribution is -0.152. The lowest BCUT2D eigenvalue weighted by atomic mass is 9.92. The number of aliphatic carboxylic acids is 1. The van der Waals surface area contributed by atoms with Gasteiger partial charge in [0.1, 0.15) is 5.54 Å². The summed E-state index contributed by atoms with van der Waals surface area (Å²) in [6.07, 6.45) is 4.14. The fourth-order valence-corrected chi connectivity index (χ4v) is 2.92. The lowest BCUT2D eigenvalue weighted by Gasteiger charge is -2.37. The molecule has 2 unspecified atom stereocenters. The summed E-state index contributed by atoms with van der Waals surface area (Å²) in [6.45, 7) is 4.40. The molecule has 1 aliphatic heterocycles. The molecule has 2 fully saturated rings. The monoisotopic (exact) mass is 254 g/mol. The Morgan fingerprint density at radius 3 is 2.67 bits per heavy atom. The minimum atomic E-state index is -0.847. The molecule has 1 saturated heterocycles. The normalized spacial score (nSPS) is 30.1. The zero-order valence-corrected chi connectivity index (χ0v) is 11.1. The quantitative estimate of drug-likeness (QED) is 0.767. The Labute approximate surface area is 108 Å². The van der Waals surface area contributed by atoms with Crippen LogP contribution in [0.25, 0.3) is 0 Å². The topological polar surface area (TPSA) is 69.6 Å². The molecule has 5 heteroatoms. The number of amides is 1. The van der Waals surface area contributed by atoms with Gasteiger partial charge in [-0.2, -0.15) is 0 Å². The highest BCUT2D eigenvalue weighted by atomic mass is 16.4. The van der Waals surface area contributed by atoms with E-state index < -0.39 is 11.5 Å². The summed E-state index contributed by atoms with van der Waals surface area (Å²) >= 11 is 0. The van der Waals surface area contributed by atoms with E-state index in [1.165, 1.54) is 0 Å². The van der Waals surface area contributed by atoms with E-state index in [9.17, 15) is 14.7 Å². The van der Waals surface area contributed by atoms with E-state index in [4.69, 9.17) is 0 Å². The second-order valence-corrected chi connectivity index (χ2v) is 5.45. The molecule has 2 N–H and O–H groups in total. The Balaban J connectivity index is 2.09. The fraction of sp³-hybridized carbons (Fsp3) is 0.846. The van der Waals surface area contributed by atoms with Crippen LogP contribution < -0.4 is 5.32 Å². The third-order valence-corrected chi connectivity index (χ3v) is 4.29. The molecule has 1 saturated carbocycles. The van der Waals surface area contributed by atoms with Crippen LogP contribution in [0.5, 0.6) is 0 Å². The van der Waals surface area contributed by atoms with Crippen molar-refractivity contribution >= 4 is 11.9 Å². The summed E-state index contributed by atoms with van der Waals surface area (Å²) in [7, 11) is 0. The number of carbonyl (C=O) groups is 2. The van der Waals surface area contributed by atoms with Crippen LogP contribution in [-0.2, 0) is 9.59 Å². The van der Waals surface area contributed by atoms with Crippen LogP contribution in [0.4, 0.5) is 0 Å². The third kappa shape index (κ3) is 2.23. The predicted octanol–water partition coefficient (Wildman–Crippen LogP) is 0.983. The van der Waals surface area contributed by atoms with E-state index in [0.29, 0.717) is 25.4 Å². The van der Waals surface area contributed by atoms with Gasteiger partial charge in [0.15, 0.2) is 0 Å². The van der Waals surface area contributed by atoms with Crippen molar-refractivity contribution in [3.63, 3.8) is 0 Å². The number of rotatable bonds is 5. The first-order valence-electron chi connectivity index (χ1n) is 6.82. The lowest BCUT2D eigenvalue weighted by Crippen LogP contribution is -2.57. The molecule has 1 amide bonds. The third-order valence-electron chi connectivity index (χ3n) is 4.29. The van der Waals surface area contributed by atoms with Crippen molar-refractivity contribution in [3.8, 4) is 0 Å². The van der Waals surface area contributed by atoms with Crippen molar-refractivity contribution in [2.24, 2.45) is 0 Å². The molecule has 1 aliphatic carbocycles. The Kier molecular flexibility index (Phi) is 3.61. The van der Waals surface area contributed by atoms with Crippen LogP contribution in [0.1, 0.15) is 46.0 Å². The Hall–Kier alpha value is -1.10. The summed E-state index contributed by atoms with van der Waals surface area (Å²) in [6, 6.07) is -0.0347. The number of nitrogens with zero attached hydrogens (tertiary/aromatic N) is 1. The summed E-state index contributed by atoms with van der Waals surface area (Å²) in [5.41, 5.74) is -0.847. The minimum Gasteiger partial charge on any atom is -0.480 e. The molecular formula is C13H22N2O3. The maximum absolute atomic E-state index is 12.1. The van der Waals surface area contributed by atoms with Gasteiger partial charge in [-0.15, -0.1) is 0 Å². The van der Waals surface area contributed by atoms with E-state index >= 15 is 0 Å². The molecule has 0 bridgehead atoms. The number of likely N-dealkylation sites (tertiary alicyclic amines) is 1. The highest BCUT2D eigenvalue weighted by molar-refractivity contribution is 5.85. The van der Waals surface area contributed by atoms with Crippen LogP contribution >= 0.6 is 0 Å². The number of carbonyl (C=O) groups excluding carboxylic acids is 1. The molecular weight excluding hydrogens is 232 g/mol. The molecule has 2 aliphatic rings. The fourth-order valence-electron chi connectivity index (χ4n) is 2.92. The van der Waals surface area contributed by atoms with Gasteiger partial charge in [0, 0.05) is 12.6 Å². The highest BCUT2D eigenvalue weighted by Gasteiger charge is 2.49. The highest BCUT2D eigenvalue weighted by Crippen LogP contribution is 2.34. The van der Waals surface area contributed by atoms with Gasteiger partial charge in [-0.3, -0.25) is 14.5 Å². The van der Waals surface area contributed by atoms with Gasteiger partial charge in [0.25, 0.3) is 0 Å². The minimum absolute atomic E-state index is 0.0292. The van der Waals surface area contributed by atoms with E-state index in [-0.39, 0.29) is 11.9 Å². The van der Waals surface area contributed by atoms with Crippen LogP contribution in [-0.4, -0.2) is 46.1 Å². The van der Waals surface area contributed by atoms with Gasteiger partial charge in [0.05, 0.1) is 6.04 Å². The first-order chi connectivity index (χ1) is 8.51. The maximum atomic E-state index is 12.1. The van der Waals surface area contributed by atoms with Crippen LogP contribution in [0.3, 0.4) is 0 Å². The molecule has 1 heterocycles. The smallest absolute Gasteiger partial charge is 0.324 e. The van der Waals surface area contributed by atoms with E-state index in [2.05, 4.69) is 5.32 Å². The maximum Gasteiger partial charge on any atom is 0.324 e. The molecule has 0 aromatic heterocycles. The van der Waals surface area contributed by atoms with Gasteiger partial charge in [-0.1, -0.05) is 6.92 Å². The Morgan fingerprint density at radius 2 is 2.17 bits per heavy atom. The van der Waals surface area contributed by atoms with E-state index in [1.54, 1.807) is 0 Å². The van der Waals surface area contributed by atoms with Gasteiger partial charge in [-0.05, 0) is 39.0 Å². The molecule has 0 aromatic carbocycles. The molecule has 0 aromatic rings. The first-order valence-corrected chi connectivity index (χ1v) is 6.82. The van der Waals surface area contributed by atoms with Crippen molar-refractivity contribution in [1.29, 1.82) is 0 Å². The largest absolute Gasteiger partial charge is 0.480 e. The average Bonchev–Trinajstić information content (AvgIpc) is 3.04. The summed E-state index contributed by atoms with van der Waals surface area (Å²) in [4.78, 5) is 25.5. The van der Waals surface area contributed by atoms with E-state index in [0.717, 1.165) is 19.3 Å². The second-order valence-electron chi connectivity index (χ2n) is 5.45. The standard InChI is InChI=1S/C13H22N2O3/c1-3-13(12(17)18)7-4-8-15(13)9(2)11(16)14-10-5-6-10/h9-10H,3-8H2,1-2H3,(H,14,16)(H,17,18). The van der Waals surface area contributed by atoms with Gasteiger partial charge in [-0.25, -0.2) is 0 Å². The Bertz CT molecular complexity index is 354.